The molecule has 0 saturated carbocycles. The van der Waals surface area contributed by atoms with Gasteiger partial charge < -0.3 is 40.3 Å². The molecule has 3 atom stereocenters. The number of piperazine rings is 1. The second-order valence-corrected chi connectivity index (χ2v) is 12.6. The molecule has 250 valence electrons. The molecule has 15 nitrogen and oxygen atoms in total. The van der Waals surface area contributed by atoms with E-state index in [4.69, 9.17) is 15.2 Å². The number of likely N-dealkylation sites (N-methyl/N-ethyl adjacent to an activating group) is 1. The monoisotopic (exact) mass is 646 g/mol. The number of benzene rings is 1. The average Bonchev–Trinajstić information content (AvgIpc) is 3.68. The molecule has 3 aromatic rings. The summed E-state index contributed by atoms with van der Waals surface area (Å²) < 4.78 is 14.0. The Morgan fingerprint density at radius 1 is 1.17 bits per heavy atom. The Labute approximate surface area is 273 Å². The predicted molar refractivity (Wildman–Crippen MR) is 175 cm³/mol. The largest absolute Gasteiger partial charge is 0.465 e. The first-order valence-corrected chi connectivity index (χ1v) is 16.2. The number of carboxylic acid groups (broad SMARTS) is 1. The number of ether oxygens (including phenoxy) is 2. The zero-order chi connectivity index (χ0) is 33.2. The average molecular weight is 647 g/mol. The van der Waals surface area contributed by atoms with Crippen molar-refractivity contribution in [1.82, 2.24) is 29.5 Å². The smallest absolute Gasteiger partial charge is 0.407 e. The highest BCUT2D eigenvalue weighted by Gasteiger charge is 2.34. The summed E-state index contributed by atoms with van der Waals surface area (Å²) in [6.45, 7) is 6.50. The Bertz CT molecular complexity index is 1700. The van der Waals surface area contributed by atoms with Crippen LogP contribution in [0.15, 0.2) is 12.3 Å². The van der Waals surface area contributed by atoms with Gasteiger partial charge in [-0.05, 0) is 76.7 Å². The molecule has 3 fully saturated rings. The number of carbonyl (C=O) groups excluding carboxylic acids is 1. The standard InChI is InChI=1S/C32H42N10O5/c1-19-15-24-23(16-35-42(24)25-8-4-5-14-46-25)27(20(19)2)36-30(43)28-26(34)29(38-31(37-28)47-18-22-7-6-11-39(22)3)40-12-13-41(32(44)45)21(17-40)9-10-33/h15-16,21-22,25H,4-9,11-14,17-18,34H2,1-3H3,(H,36,43)(H,44,45)/t21-,22-,25?/m0/s1. The van der Waals surface area contributed by atoms with E-state index in [9.17, 15) is 20.0 Å². The van der Waals surface area contributed by atoms with Crippen molar-refractivity contribution in [3.05, 3.63) is 29.1 Å². The van der Waals surface area contributed by atoms with E-state index < -0.39 is 18.0 Å². The molecule has 1 unspecified atom stereocenters. The molecule has 0 radical (unpaired) electrons. The number of nitriles is 1. The highest BCUT2D eigenvalue weighted by Crippen LogP contribution is 2.35. The van der Waals surface area contributed by atoms with Crippen LogP contribution in [0.5, 0.6) is 6.01 Å². The van der Waals surface area contributed by atoms with Crippen LogP contribution in [0.1, 0.15) is 66.4 Å². The van der Waals surface area contributed by atoms with Crippen molar-refractivity contribution in [1.29, 1.82) is 5.26 Å². The number of aryl methyl sites for hydroxylation is 1. The van der Waals surface area contributed by atoms with Crippen LogP contribution in [0.25, 0.3) is 10.9 Å². The normalized spacial score (nSPS) is 22.0. The van der Waals surface area contributed by atoms with Gasteiger partial charge in [0.15, 0.2) is 17.7 Å². The van der Waals surface area contributed by atoms with E-state index in [1.54, 1.807) is 11.1 Å². The third-order valence-electron chi connectivity index (χ3n) is 9.64. The molecular formula is C32H42N10O5. The van der Waals surface area contributed by atoms with Crippen molar-refractivity contribution in [3.8, 4) is 12.1 Å². The van der Waals surface area contributed by atoms with Crippen LogP contribution in [-0.2, 0) is 4.74 Å². The molecule has 3 saturated heterocycles. The Hall–Kier alpha value is -4.68. The van der Waals surface area contributed by atoms with Gasteiger partial charge in [0.2, 0.25) is 0 Å². The third kappa shape index (κ3) is 6.48. The van der Waals surface area contributed by atoms with E-state index in [0.717, 1.165) is 60.7 Å². The fourth-order valence-electron chi connectivity index (χ4n) is 6.76. The highest BCUT2D eigenvalue weighted by molar-refractivity contribution is 6.12. The van der Waals surface area contributed by atoms with Gasteiger partial charge in [0, 0.05) is 37.7 Å². The van der Waals surface area contributed by atoms with Crippen LogP contribution in [0.3, 0.4) is 0 Å². The minimum Gasteiger partial charge on any atom is -0.465 e. The number of likely N-dealkylation sites (tertiary alicyclic amines) is 1. The van der Waals surface area contributed by atoms with Crippen molar-refractivity contribution in [2.75, 3.05) is 62.4 Å². The highest BCUT2D eigenvalue weighted by atomic mass is 16.5. The van der Waals surface area contributed by atoms with Gasteiger partial charge in [-0.25, -0.2) is 9.48 Å². The van der Waals surface area contributed by atoms with Gasteiger partial charge in [0.25, 0.3) is 5.91 Å². The number of fused-ring (bicyclic) bond motifs is 1. The maximum Gasteiger partial charge on any atom is 0.407 e. The summed E-state index contributed by atoms with van der Waals surface area (Å²) in [5.41, 5.74) is 9.96. The Morgan fingerprint density at radius 2 is 2.00 bits per heavy atom. The minimum atomic E-state index is -1.09. The minimum absolute atomic E-state index is 0.000711. The number of anilines is 3. The summed E-state index contributed by atoms with van der Waals surface area (Å²) >= 11 is 0. The van der Waals surface area contributed by atoms with Gasteiger partial charge >= 0.3 is 12.1 Å². The molecule has 47 heavy (non-hydrogen) atoms. The molecule has 0 spiro atoms. The molecular weight excluding hydrogens is 604 g/mol. The van der Waals surface area contributed by atoms with Crippen molar-refractivity contribution in [3.63, 3.8) is 0 Å². The summed E-state index contributed by atoms with van der Waals surface area (Å²) in [6.07, 6.45) is 5.46. The molecule has 3 aliphatic heterocycles. The molecule has 4 N–H and O–H groups in total. The van der Waals surface area contributed by atoms with Gasteiger partial charge in [0.1, 0.15) is 12.3 Å². The topological polar surface area (TPSA) is 188 Å². The first kappa shape index (κ1) is 32.3. The van der Waals surface area contributed by atoms with Crippen molar-refractivity contribution < 1.29 is 24.2 Å². The Kier molecular flexibility index (Phi) is 9.33. The summed E-state index contributed by atoms with van der Waals surface area (Å²) in [4.78, 5) is 40.4. The SMILES string of the molecule is Cc1cc2c(cnn2C2CCCCO2)c(NC(=O)c2nc(OC[C@@H]3CCCN3C)nc(N3CCN(C(=O)O)[C@@H](CC#N)C3)c2N)c1C. The van der Waals surface area contributed by atoms with Crippen LogP contribution < -0.4 is 20.7 Å². The maximum atomic E-state index is 14.1. The van der Waals surface area contributed by atoms with Crippen molar-refractivity contribution in [2.45, 2.75) is 70.7 Å². The first-order valence-electron chi connectivity index (χ1n) is 16.2. The molecule has 6 rings (SSSR count). The molecule has 3 aliphatic rings. The number of hydrogen-bond donors (Lipinski definition) is 3. The van der Waals surface area contributed by atoms with E-state index in [2.05, 4.69) is 37.4 Å². The third-order valence-corrected chi connectivity index (χ3v) is 9.64. The summed E-state index contributed by atoms with van der Waals surface area (Å²) in [5.74, 6) is -0.273. The van der Waals surface area contributed by atoms with Gasteiger partial charge in [-0.3, -0.25) is 4.79 Å². The van der Waals surface area contributed by atoms with Crippen LogP contribution in [0, 0.1) is 25.2 Å². The summed E-state index contributed by atoms with van der Waals surface area (Å²) in [6, 6.07) is 3.73. The molecule has 0 bridgehead atoms. The fraction of sp³-hybridized carbons (Fsp3) is 0.562. The molecule has 15 heteroatoms. The van der Waals surface area contributed by atoms with Crippen LogP contribution in [0.2, 0.25) is 0 Å². The lowest BCUT2D eigenvalue weighted by molar-refractivity contribution is -0.0366. The number of rotatable bonds is 8. The van der Waals surface area contributed by atoms with E-state index in [1.807, 2.05) is 25.6 Å². The zero-order valence-electron chi connectivity index (χ0n) is 27.1. The van der Waals surface area contributed by atoms with Crippen molar-refractivity contribution in [2.24, 2.45) is 0 Å². The quantitative estimate of drug-likeness (QED) is 0.324. The lowest BCUT2D eigenvalue weighted by atomic mass is 10.0. The summed E-state index contributed by atoms with van der Waals surface area (Å²) in [5, 5.41) is 27.6. The number of hydrogen-bond acceptors (Lipinski definition) is 11. The Morgan fingerprint density at radius 3 is 2.70 bits per heavy atom. The van der Waals surface area contributed by atoms with E-state index in [0.29, 0.717) is 18.9 Å². The number of nitrogens with zero attached hydrogens (tertiary/aromatic N) is 8. The maximum absolute atomic E-state index is 14.1. The zero-order valence-corrected chi connectivity index (χ0v) is 27.1. The van der Waals surface area contributed by atoms with E-state index in [1.165, 1.54) is 4.90 Å². The Balaban J connectivity index is 1.35. The lowest BCUT2D eigenvalue weighted by Gasteiger charge is -2.40. The number of aromatic nitrogens is 4. The predicted octanol–water partition coefficient (Wildman–Crippen LogP) is 3.53. The molecule has 0 aliphatic carbocycles. The van der Waals surface area contributed by atoms with Gasteiger partial charge in [-0.15, -0.1) is 0 Å². The molecule has 1 aromatic carbocycles. The summed E-state index contributed by atoms with van der Waals surface area (Å²) in [7, 11) is 2.04. The van der Waals surface area contributed by atoms with Crippen LogP contribution in [0.4, 0.5) is 22.0 Å². The van der Waals surface area contributed by atoms with Crippen LogP contribution >= 0.6 is 0 Å². The van der Waals surface area contributed by atoms with E-state index in [-0.39, 0.29) is 61.5 Å². The number of carbonyl (C=O) groups is 2. The van der Waals surface area contributed by atoms with E-state index >= 15 is 0 Å². The first-order chi connectivity index (χ1) is 22.7. The molecule has 2 amide bonds. The number of nitrogen functional groups attached to an aromatic ring is 1. The lowest BCUT2D eigenvalue weighted by Crippen LogP contribution is -2.55. The van der Waals surface area contributed by atoms with Gasteiger partial charge in [-0.2, -0.15) is 20.3 Å². The number of nitrogens with two attached hydrogens (primary N) is 1. The number of nitrogens with one attached hydrogen (secondary N) is 1. The fourth-order valence-corrected chi connectivity index (χ4v) is 6.76. The van der Waals surface area contributed by atoms with Crippen molar-refractivity contribution >= 4 is 40.1 Å². The second-order valence-electron chi connectivity index (χ2n) is 12.6. The molecule has 5 heterocycles. The second kappa shape index (κ2) is 13.6. The molecule has 2 aromatic heterocycles. The van der Waals surface area contributed by atoms with Gasteiger partial charge in [-0.1, -0.05) is 0 Å². The number of amides is 2. The van der Waals surface area contributed by atoms with Gasteiger partial charge in [0.05, 0.1) is 35.9 Å². The van der Waals surface area contributed by atoms with Crippen LogP contribution in [-0.4, -0.2) is 105 Å².